The van der Waals surface area contributed by atoms with Gasteiger partial charge in [-0.2, -0.15) is 0 Å². The highest BCUT2D eigenvalue weighted by molar-refractivity contribution is 5.08. The van der Waals surface area contributed by atoms with Gasteiger partial charge < -0.3 is 99.2 Å². The SMILES string of the molecule is C=C[C@](C)(CC/C=C(\C)CC/C=C(\C)CC/C=C(/C)CO[C@@H]1O[C@H](CO)[C@@H](O[C@@H]2O[C@@H](C)[C@H](O)[C@@H](O)[C@H]2O)[C@H](O)[C@H]1O)O[C@@H]1O[C@H](CO)[C@@H](O[C@@H]2O[C@@H](C)[C@H](O)[C@@H](O)[C@H]2O)[C@H](O)[C@H]1O. The van der Waals surface area contributed by atoms with E-state index in [2.05, 4.69) is 18.7 Å². The van der Waals surface area contributed by atoms with Gasteiger partial charge >= 0.3 is 0 Å². The predicted octanol–water partition coefficient (Wildman–Crippen LogP) is -1.55. The molecular formula is C44H74O20. The Morgan fingerprint density at radius 2 is 0.938 bits per heavy atom. The molecule has 0 aromatic carbocycles. The van der Waals surface area contributed by atoms with Crippen LogP contribution in [0.5, 0.6) is 0 Å². The minimum atomic E-state index is -1.67. The van der Waals surface area contributed by atoms with E-state index in [1.807, 2.05) is 26.8 Å². The summed E-state index contributed by atoms with van der Waals surface area (Å²) in [6, 6.07) is 0. The molecule has 370 valence electrons. The Labute approximate surface area is 374 Å². The number of hydrogen-bond acceptors (Lipinski definition) is 20. The number of ether oxygens (including phenoxy) is 8. The average Bonchev–Trinajstić information content (AvgIpc) is 3.26. The number of allylic oxidation sites excluding steroid dienone is 5. The Morgan fingerprint density at radius 1 is 0.531 bits per heavy atom. The first-order chi connectivity index (χ1) is 30.2. The second-order valence-electron chi connectivity index (χ2n) is 17.7. The Hall–Kier alpha value is -1.84. The van der Waals surface area contributed by atoms with E-state index >= 15 is 0 Å². The minimum absolute atomic E-state index is 0.0720. The molecule has 0 spiro atoms. The van der Waals surface area contributed by atoms with Gasteiger partial charge in [0.2, 0.25) is 0 Å². The third-order valence-corrected chi connectivity index (χ3v) is 12.3. The summed E-state index contributed by atoms with van der Waals surface area (Å²) in [5.74, 6) is 0. The third-order valence-electron chi connectivity index (χ3n) is 12.3. The topological polar surface area (TPSA) is 317 Å². The largest absolute Gasteiger partial charge is 0.394 e. The predicted molar refractivity (Wildman–Crippen MR) is 225 cm³/mol. The maximum Gasteiger partial charge on any atom is 0.187 e. The Kier molecular flexibility index (Phi) is 21.4. The number of hydrogen-bond donors (Lipinski definition) is 12. The average molecular weight is 923 g/mol. The van der Waals surface area contributed by atoms with Gasteiger partial charge in [0.1, 0.15) is 85.5 Å². The van der Waals surface area contributed by atoms with E-state index in [4.69, 9.17) is 37.9 Å². The fourth-order valence-corrected chi connectivity index (χ4v) is 7.89. The summed E-state index contributed by atoms with van der Waals surface area (Å²) in [4.78, 5) is 0. The highest BCUT2D eigenvalue weighted by Crippen LogP contribution is 2.34. The van der Waals surface area contributed by atoms with E-state index < -0.39 is 142 Å². The highest BCUT2D eigenvalue weighted by atomic mass is 16.8. The summed E-state index contributed by atoms with van der Waals surface area (Å²) in [5, 5.41) is 124. The molecule has 4 fully saturated rings. The van der Waals surface area contributed by atoms with Gasteiger partial charge in [-0.05, 0) is 80.1 Å². The number of aliphatic hydroxyl groups excluding tert-OH is 12. The molecule has 4 saturated heterocycles. The van der Waals surface area contributed by atoms with Crippen LogP contribution in [0.15, 0.2) is 47.6 Å². The van der Waals surface area contributed by atoms with Gasteiger partial charge in [0.25, 0.3) is 0 Å². The lowest BCUT2D eigenvalue weighted by molar-refractivity contribution is -0.363. The molecule has 0 saturated carbocycles. The molecule has 4 aliphatic rings. The first kappa shape index (κ1) is 54.8. The van der Waals surface area contributed by atoms with Crippen molar-refractivity contribution in [2.45, 2.75) is 208 Å². The molecule has 20 heteroatoms. The lowest BCUT2D eigenvalue weighted by Gasteiger charge is -2.47. The maximum atomic E-state index is 11.0. The molecule has 0 radical (unpaired) electrons. The summed E-state index contributed by atoms with van der Waals surface area (Å²) in [7, 11) is 0. The standard InChI is InChI=1S/C44H74O20/c1-8-44(7,64-43-37(56)33(52)39(27(19-46)61-43)63-42-35(54)31(50)29(48)25(6)59-42)17-11-16-22(3)13-9-12-21(2)14-10-15-23(4)20-57-40-36(55)32(51)38(26(18-45)60-40)62-41-34(53)30(49)28(47)24(5)58-41/h8,12,15-16,24-43,45-56H,1,9-11,13-14,17-20H2,2-7H3/b21-12+,22-16+,23-15-/t24-,25-,26+,27+,28-,29-,30+,31+,32+,33+,34+,35+,36+,37+,38+,39+,40+,41-,42-,43-,44+/m0/s1. The molecule has 0 aromatic heterocycles. The van der Waals surface area contributed by atoms with Crippen LogP contribution >= 0.6 is 0 Å². The van der Waals surface area contributed by atoms with Gasteiger partial charge in [-0.15, -0.1) is 6.58 Å². The van der Waals surface area contributed by atoms with Crippen molar-refractivity contribution in [3.63, 3.8) is 0 Å². The summed E-state index contributed by atoms with van der Waals surface area (Å²) in [6.45, 7) is 13.3. The van der Waals surface area contributed by atoms with Gasteiger partial charge in [-0.25, -0.2) is 0 Å². The third kappa shape index (κ3) is 14.1. The fraction of sp³-hybridized carbons (Fsp3) is 0.818. The molecule has 0 amide bonds. The van der Waals surface area contributed by atoms with Crippen LogP contribution in [-0.2, 0) is 37.9 Å². The van der Waals surface area contributed by atoms with Crippen LogP contribution in [0.1, 0.15) is 80.1 Å². The molecule has 20 nitrogen and oxygen atoms in total. The molecule has 4 aliphatic heterocycles. The van der Waals surface area contributed by atoms with Gasteiger partial charge in [0, 0.05) is 0 Å². The molecule has 4 rings (SSSR count). The monoisotopic (exact) mass is 922 g/mol. The van der Waals surface area contributed by atoms with Crippen molar-refractivity contribution in [3.8, 4) is 0 Å². The van der Waals surface area contributed by atoms with E-state index in [1.165, 1.54) is 19.4 Å². The van der Waals surface area contributed by atoms with Crippen LogP contribution in [0.4, 0.5) is 0 Å². The maximum absolute atomic E-state index is 11.0. The minimum Gasteiger partial charge on any atom is -0.394 e. The van der Waals surface area contributed by atoms with E-state index in [0.29, 0.717) is 12.8 Å². The van der Waals surface area contributed by atoms with Gasteiger partial charge in [0.15, 0.2) is 25.2 Å². The van der Waals surface area contributed by atoms with Crippen LogP contribution in [0.25, 0.3) is 0 Å². The van der Waals surface area contributed by atoms with E-state index in [-0.39, 0.29) is 6.61 Å². The smallest absolute Gasteiger partial charge is 0.187 e. The molecule has 64 heavy (non-hydrogen) atoms. The Balaban J connectivity index is 1.17. The van der Waals surface area contributed by atoms with Crippen LogP contribution in [0, 0.1) is 0 Å². The van der Waals surface area contributed by atoms with Crippen molar-refractivity contribution in [2.24, 2.45) is 0 Å². The van der Waals surface area contributed by atoms with Gasteiger partial charge in [0.05, 0.1) is 37.6 Å². The normalized spacial score (nSPS) is 42.6. The van der Waals surface area contributed by atoms with Gasteiger partial charge in [-0.1, -0.05) is 41.0 Å². The second kappa shape index (κ2) is 25.0. The van der Waals surface area contributed by atoms with Crippen LogP contribution in [0.2, 0.25) is 0 Å². The molecule has 21 atom stereocenters. The van der Waals surface area contributed by atoms with Crippen LogP contribution in [-0.4, -0.2) is 210 Å². The zero-order valence-corrected chi connectivity index (χ0v) is 37.6. The van der Waals surface area contributed by atoms with Crippen molar-refractivity contribution in [2.75, 3.05) is 19.8 Å². The number of aliphatic hydroxyl groups is 12. The Bertz CT molecular complexity index is 1530. The zero-order chi connectivity index (χ0) is 47.6. The summed E-state index contributed by atoms with van der Waals surface area (Å²) in [6.07, 6.45) is -16.2. The first-order valence-corrected chi connectivity index (χ1v) is 22.0. The molecule has 12 N–H and O–H groups in total. The molecule has 0 aliphatic carbocycles. The lowest BCUT2D eigenvalue weighted by atomic mass is 9.95. The van der Waals surface area contributed by atoms with E-state index in [1.54, 1.807) is 13.0 Å². The summed E-state index contributed by atoms with van der Waals surface area (Å²) >= 11 is 0. The van der Waals surface area contributed by atoms with E-state index in [0.717, 1.165) is 36.8 Å². The number of rotatable bonds is 21. The highest BCUT2D eigenvalue weighted by Gasteiger charge is 2.52. The first-order valence-electron chi connectivity index (χ1n) is 22.0. The van der Waals surface area contributed by atoms with Crippen molar-refractivity contribution in [1.82, 2.24) is 0 Å². The van der Waals surface area contributed by atoms with Gasteiger partial charge in [-0.3, -0.25) is 0 Å². The fourth-order valence-electron chi connectivity index (χ4n) is 7.89. The molecular weight excluding hydrogens is 848 g/mol. The molecule has 0 aromatic rings. The molecule has 0 unspecified atom stereocenters. The quantitative estimate of drug-likeness (QED) is 0.0580. The summed E-state index contributed by atoms with van der Waals surface area (Å²) < 4.78 is 45.6. The van der Waals surface area contributed by atoms with Crippen molar-refractivity contribution >= 4 is 0 Å². The summed E-state index contributed by atoms with van der Waals surface area (Å²) in [5.41, 5.74) is 2.19. The molecule has 0 bridgehead atoms. The Morgan fingerprint density at radius 3 is 1.39 bits per heavy atom. The molecule has 4 heterocycles. The lowest BCUT2D eigenvalue weighted by Crippen LogP contribution is -2.64. The van der Waals surface area contributed by atoms with Crippen LogP contribution < -0.4 is 0 Å². The van der Waals surface area contributed by atoms with Crippen LogP contribution in [0.3, 0.4) is 0 Å². The zero-order valence-electron chi connectivity index (χ0n) is 37.6. The van der Waals surface area contributed by atoms with E-state index in [9.17, 15) is 61.3 Å². The van der Waals surface area contributed by atoms with Crippen molar-refractivity contribution < 1.29 is 99.2 Å². The van der Waals surface area contributed by atoms with Crippen molar-refractivity contribution in [1.29, 1.82) is 0 Å². The van der Waals surface area contributed by atoms with Crippen molar-refractivity contribution in [3.05, 3.63) is 47.6 Å². The second-order valence-corrected chi connectivity index (χ2v) is 17.7.